The van der Waals surface area contributed by atoms with Crippen molar-refractivity contribution in [1.82, 2.24) is 24.6 Å². The number of rotatable bonds is 5. The van der Waals surface area contributed by atoms with Gasteiger partial charge in [-0.2, -0.15) is 16.9 Å². The van der Waals surface area contributed by atoms with Gasteiger partial charge in [0.1, 0.15) is 12.7 Å². The Morgan fingerprint density at radius 2 is 2.23 bits per heavy atom. The predicted octanol–water partition coefficient (Wildman–Crippen LogP) is 1.10. The van der Waals surface area contributed by atoms with Gasteiger partial charge in [0, 0.05) is 50.9 Å². The molecule has 6 nitrogen and oxygen atoms in total. The van der Waals surface area contributed by atoms with E-state index in [1.165, 1.54) is 24.3 Å². The van der Waals surface area contributed by atoms with Crippen molar-refractivity contribution in [3.8, 4) is 0 Å². The minimum atomic E-state index is 0.294. The SMILES string of the molecule is O=C(CCCn1cncn1)N1CCCN(C2CCSC2)CC1. The summed E-state index contributed by atoms with van der Waals surface area (Å²) in [6.07, 6.45) is 7.10. The Bertz CT molecular complexity index is 461. The Morgan fingerprint density at radius 1 is 1.27 bits per heavy atom. The molecule has 122 valence electrons. The molecule has 0 saturated carbocycles. The number of thioether (sulfide) groups is 1. The molecule has 3 heterocycles. The number of aryl methyl sites for hydroxylation is 1. The van der Waals surface area contributed by atoms with Crippen LogP contribution in [-0.2, 0) is 11.3 Å². The van der Waals surface area contributed by atoms with Crippen molar-refractivity contribution in [2.24, 2.45) is 0 Å². The highest BCUT2D eigenvalue weighted by molar-refractivity contribution is 7.99. The van der Waals surface area contributed by atoms with E-state index in [1.54, 1.807) is 11.0 Å². The van der Waals surface area contributed by atoms with Gasteiger partial charge in [-0.1, -0.05) is 0 Å². The van der Waals surface area contributed by atoms with Crippen LogP contribution >= 0.6 is 11.8 Å². The van der Waals surface area contributed by atoms with Crippen LogP contribution in [0.25, 0.3) is 0 Å². The van der Waals surface area contributed by atoms with Crippen LogP contribution in [0.1, 0.15) is 25.7 Å². The van der Waals surface area contributed by atoms with Gasteiger partial charge >= 0.3 is 0 Å². The minimum Gasteiger partial charge on any atom is -0.341 e. The van der Waals surface area contributed by atoms with Crippen molar-refractivity contribution in [2.75, 3.05) is 37.7 Å². The van der Waals surface area contributed by atoms with E-state index >= 15 is 0 Å². The molecule has 1 unspecified atom stereocenters. The van der Waals surface area contributed by atoms with E-state index < -0.39 is 0 Å². The second kappa shape index (κ2) is 7.97. The van der Waals surface area contributed by atoms with Crippen molar-refractivity contribution in [2.45, 2.75) is 38.3 Å². The zero-order valence-electron chi connectivity index (χ0n) is 13.1. The Morgan fingerprint density at radius 3 is 3.00 bits per heavy atom. The van der Waals surface area contributed by atoms with Crippen molar-refractivity contribution < 1.29 is 4.79 Å². The quantitative estimate of drug-likeness (QED) is 0.812. The maximum absolute atomic E-state index is 12.4. The maximum atomic E-state index is 12.4. The summed E-state index contributed by atoms with van der Waals surface area (Å²) in [6, 6.07) is 0.743. The molecule has 0 bridgehead atoms. The zero-order chi connectivity index (χ0) is 15.2. The van der Waals surface area contributed by atoms with Crippen LogP contribution in [0.5, 0.6) is 0 Å². The molecular formula is C15H25N5OS. The number of nitrogens with zero attached hydrogens (tertiary/aromatic N) is 5. The van der Waals surface area contributed by atoms with Gasteiger partial charge in [-0.3, -0.25) is 14.4 Å². The third-order valence-electron chi connectivity index (χ3n) is 4.55. The molecule has 2 saturated heterocycles. The van der Waals surface area contributed by atoms with Crippen molar-refractivity contribution in [1.29, 1.82) is 0 Å². The van der Waals surface area contributed by atoms with Gasteiger partial charge in [-0.25, -0.2) is 4.98 Å². The highest BCUT2D eigenvalue weighted by Crippen LogP contribution is 2.23. The van der Waals surface area contributed by atoms with Crippen LogP contribution in [0.3, 0.4) is 0 Å². The van der Waals surface area contributed by atoms with Gasteiger partial charge in [0.05, 0.1) is 0 Å². The van der Waals surface area contributed by atoms with Crippen LogP contribution in [0.4, 0.5) is 0 Å². The fraction of sp³-hybridized carbons (Fsp3) is 0.800. The molecular weight excluding hydrogens is 298 g/mol. The summed E-state index contributed by atoms with van der Waals surface area (Å²) < 4.78 is 1.79. The zero-order valence-corrected chi connectivity index (χ0v) is 13.9. The maximum Gasteiger partial charge on any atom is 0.222 e. The van der Waals surface area contributed by atoms with Crippen LogP contribution in [0.2, 0.25) is 0 Å². The molecule has 0 N–H and O–H groups in total. The average molecular weight is 323 g/mol. The summed E-state index contributed by atoms with van der Waals surface area (Å²) >= 11 is 2.06. The van der Waals surface area contributed by atoms with Crippen molar-refractivity contribution >= 4 is 17.7 Å². The molecule has 2 aliphatic heterocycles. The predicted molar refractivity (Wildman–Crippen MR) is 87.8 cm³/mol. The summed E-state index contributed by atoms with van der Waals surface area (Å²) in [6.45, 7) is 4.76. The monoisotopic (exact) mass is 323 g/mol. The molecule has 1 atom stereocenters. The summed E-state index contributed by atoms with van der Waals surface area (Å²) in [5, 5.41) is 4.07. The first-order valence-corrected chi connectivity index (χ1v) is 9.40. The molecule has 1 amide bonds. The molecule has 0 aliphatic carbocycles. The summed E-state index contributed by atoms with van der Waals surface area (Å²) in [5.74, 6) is 2.86. The largest absolute Gasteiger partial charge is 0.341 e. The third kappa shape index (κ3) is 4.23. The fourth-order valence-corrected chi connectivity index (χ4v) is 4.52. The van der Waals surface area contributed by atoms with Gasteiger partial charge in [0.25, 0.3) is 0 Å². The normalized spacial score (nSPS) is 23.6. The summed E-state index contributed by atoms with van der Waals surface area (Å²) in [5.41, 5.74) is 0. The lowest BCUT2D eigenvalue weighted by Crippen LogP contribution is -2.39. The van der Waals surface area contributed by atoms with E-state index in [-0.39, 0.29) is 0 Å². The molecule has 0 aromatic carbocycles. The van der Waals surface area contributed by atoms with Gasteiger partial charge in [0.2, 0.25) is 5.91 Å². The van der Waals surface area contributed by atoms with E-state index in [0.29, 0.717) is 12.3 Å². The standard InChI is InChI=1S/C15H25N5OS/c21-15(3-1-7-20-13-16-12-17-20)19-6-2-5-18(8-9-19)14-4-10-22-11-14/h12-14H,1-11H2. The number of amides is 1. The van der Waals surface area contributed by atoms with Crippen molar-refractivity contribution in [3.63, 3.8) is 0 Å². The third-order valence-corrected chi connectivity index (χ3v) is 5.69. The molecule has 3 rings (SSSR count). The highest BCUT2D eigenvalue weighted by atomic mass is 32.2. The molecule has 0 radical (unpaired) electrons. The van der Waals surface area contributed by atoms with E-state index in [1.807, 2.05) is 0 Å². The first-order valence-electron chi connectivity index (χ1n) is 8.25. The van der Waals surface area contributed by atoms with Crippen LogP contribution in [0.15, 0.2) is 12.7 Å². The lowest BCUT2D eigenvalue weighted by atomic mass is 10.2. The Balaban J connectivity index is 1.40. The number of carbonyl (C=O) groups is 1. The summed E-state index contributed by atoms with van der Waals surface area (Å²) in [4.78, 5) is 20.9. The van der Waals surface area contributed by atoms with Crippen LogP contribution < -0.4 is 0 Å². The fourth-order valence-electron chi connectivity index (χ4n) is 3.26. The number of hydrogen-bond acceptors (Lipinski definition) is 5. The van der Waals surface area contributed by atoms with Gasteiger partial charge in [-0.15, -0.1) is 0 Å². The van der Waals surface area contributed by atoms with Gasteiger partial charge in [0.15, 0.2) is 0 Å². The number of aromatic nitrogens is 3. The smallest absolute Gasteiger partial charge is 0.222 e. The molecule has 2 aliphatic rings. The topological polar surface area (TPSA) is 54.3 Å². The van der Waals surface area contributed by atoms with E-state index in [2.05, 4.69) is 31.6 Å². The van der Waals surface area contributed by atoms with E-state index in [9.17, 15) is 4.79 Å². The molecule has 7 heteroatoms. The highest BCUT2D eigenvalue weighted by Gasteiger charge is 2.26. The Labute approximate surface area is 136 Å². The number of carbonyl (C=O) groups excluding carboxylic acids is 1. The Hall–Kier alpha value is -1.08. The average Bonchev–Trinajstić information content (AvgIpc) is 3.18. The Kier molecular flexibility index (Phi) is 5.72. The van der Waals surface area contributed by atoms with E-state index in [0.717, 1.165) is 51.6 Å². The number of hydrogen-bond donors (Lipinski definition) is 0. The first kappa shape index (κ1) is 15.8. The molecule has 0 spiro atoms. The van der Waals surface area contributed by atoms with Gasteiger partial charge < -0.3 is 4.90 Å². The van der Waals surface area contributed by atoms with Gasteiger partial charge in [-0.05, 0) is 25.0 Å². The molecule has 1 aromatic heterocycles. The lowest BCUT2D eigenvalue weighted by molar-refractivity contribution is -0.131. The lowest BCUT2D eigenvalue weighted by Gasteiger charge is -2.26. The first-order chi connectivity index (χ1) is 10.8. The second-order valence-electron chi connectivity index (χ2n) is 6.05. The molecule has 2 fully saturated rings. The van der Waals surface area contributed by atoms with Crippen LogP contribution in [0, 0.1) is 0 Å². The van der Waals surface area contributed by atoms with Crippen LogP contribution in [-0.4, -0.2) is 74.2 Å². The minimum absolute atomic E-state index is 0.294. The van der Waals surface area contributed by atoms with Crippen molar-refractivity contribution in [3.05, 3.63) is 12.7 Å². The van der Waals surface area contributed by atoms with E-state index in [4.69, 9.17) is 0 Å². The second-order valence-corrected chi connectivity index (χ2v) is 7.20. The molecule has 1 aromatic rings. The summed E-state index contributed by atoms with van der Waals surface area (Å²) in [7, 11) is 0. The molecule has 22 heavy (non-hydrogen) atoms.